The Morgan fingerprint density at radius 3 is 2.53 bits per heavy atom. The first-order valence-corrected chi connectivity index (χ1v) is 6.51. The van der Waals surface area contributed by atoms with Gasteiger partial charge >= 0.3 is 5.69 Å². The highest BCUT2D eigenvalue weighted by atomic mass is 32.2. The second kappa shape index (κ2) is 5.89. The molecule has 0 saturated carbocycles. The van der Waals surface area contributed by atoms with Crippen LogP contribution in [0, 0.1) is 10.1 Å². The van der Waals surface area contributed by atoms with Crippen LogP contribution in [0.25, 0.3) is 0 Å². The van der Waals surface area contributed by atoms with Gasteiger partial charge in [-0.05, 0) is 12.1 Å². The standard InChI is InChI=1S/C9H11F2N3O4S/c1-12-6-3-2-4-7(9(6)14(15)16)19(17,18)13-5-8(10)11/h2-4,8,12-13H,5H2,1H3. The summed E-state index contributed by atoms with van der Waals surface area (Å²) in [6.45, 7) is -1.11. The first-order valence-electron chi connectivity index (χ1n) is 5.02. The first kappa shape index (κ1) is 15.2. The van der Waals surface area contributed by atoms with Crippen LogP contribution in [0.3, 0.4) is 0 Å². The lowest BCUT2D eigenvalue weighted by molar-refractivity contribution is -0.386. The number of rotatable bonds is 6. The van der Waals surface area contributed by atoms with E-state index in [4.69, 9.17) is 0 Å². The van der Waals surface area contributed by atoms with Crippen LogP contribution in [0.1, 0.15) is 0 Å². The summed E-state index contributed by atoms with van der Waals surface area (Å²) in [4.78, 5) is 9.36. The number of nitro benzene ring substituents is 1. The van der Waals surface area contributed by atoms with E-state index >= 15 is 0 Å². The number of benzene rings is 1. The lowest BCUT2D eigenvalue weighted by Gasteiger charge is -2.09. The number of nitro groups is 1. The molecule has 10 heteroatoms. The molecule has 106 valence electrons. The Morgan fingerprint density at radius 2 is 2.05 bits per heavy atom. The highest BCUT2D eigenvalue weighted by Gasteiger charge is 2.29. The smallest absolute Gasteiger partial charge is 0.312 e. The van der Waals surface area contributed by atoms with Crippen molar-refractivity contribution in [3.05, 3.63) is 28.3 Å². The summed E-state index contributed by atoms with van der Waals surface area (Å²) in [7, 11) is -3.00. The van der Waals surface area contributed by atoms with Gasteiger partial charge in [0.25, 0.3) is 6.43 Å². The van der Waals surface area contributed by atoms with Gasteiger partial charge in [-0.15, -0.1) is 0 Å². The first-order chi connectivity index (χ1) is 8.79. The topological polar surface area (TPSA) is 101 Å². The number of nitrogens with one attached hydrogen (secondary N) is 2. The molecule has 0 spiro atoms. The molecular weight excluding hydrogens is 284 g/mol. The van der Waals surface area contributed by atoms with E-state index in [9.17, 15) is 27.3 Å². The van der Waals surface area contributed by atoms with E-state index in [0.29, 0.717) is 0 Å². The molecule has 0 unspecified atom stereocenters. The van der Waals surface area contributed by atoms with E-state index in [1.54, 1.807) is 4.72 Å². The summed E-state index contributed by atoms with van der Waals surface area (Å²) >= 11 is 0. The fourth-order valence-electron chi connectivity index (χ4n) is 1.38. The van der Waals surface area contributed by atoms with E-state index in [1.807, 2.05) is 0 Å². The molecule has 0 amide bonds. The minimum Gasteiger partial charge on any atom is -0.383 e. The van der Waals surface area contributed by atoms with Gasteiger partial charge in [0.05, 0.1) is 11.5 Å². The Hall–Kier alpha value is -1.81. The van der Waals surface area contributed by atoms with Crippen molar-refractivity contribution in [2.75, 3.05) is 18.9 Å². The fourth-order valence-corrected chi connectivity index (χ4v) is 2.58. The van der Waals surface area contributed by atoms with Crippen LogP contribution in [0.4, 0.5) is 20.2 Å². The number of nitrogens with zero attached hydrogens (tertiary/aromatic N) is 1. The Labute approximate surface area is 107 Å². The fraction of sp³-hybridized carbons (Fsp3) is 0.333. The van der Waals surface area contributed by atoms with Gasteiger partial charge in [-0.25, -0.2) is 21.9 Å². The molecule has 0 aliphatic rings. The molecule has 0 saturated heterocycles. The Morgan fingerprint density at radius 1 is 1.42 bits per heavy atom. The van der Waals surface area contributed by atoms with Gasteiger partial charge in [0.15, 0.2) is 4.90 Å². The van der Waals surface area contributed by atoms with E-state index in [-0.39, 0.29) is 5.69 Å². The van der Waals surface area contributed by atoms with Gasteiger partial charge < -0.3 is 5.32 Å². The summed E-state index contributed by atoms with van der Waals surface area (Å²) < 4.78 is 49.1. The zero-order valence-corrected chi connectivity index (χ0v) is 10.6. The van der Waals surface area contributed by atoms with Crippen molar-refractivity contribution in [2.24, 2.45) is 0 Å². The lowest BCUT2D eigenvalue weighted by Crippen LogP contribution is -2.29. The van der Waals surface area contributed by atoms with Gasteiger partial charge in [-0.1, -0.05) is 6.07 Å². The monoisotopic (exact) mass is 295 g/mol. The maximum Gasteiger partial charge on any atom is 0.312 e. The lowest BCUT2D eigenvalue weighted by atomic mass is 10.3. The van der Waals surface area contributed by atoms with Crippen molar-refractivity contribution < 1.29 is 22.1 Å². The van der Waals surface area contributed by atoms with Gasteiger partial charge in [0.1, 0.15) is 5.69 Å². The van der Waals surface area contributed by atoms with E-state index < -0.39 is 38.5 Å². The number of alkyl halides is 2. The number of hydrogen-bond acceptors (Lipinski definition) is 5. The summed E-state index contributed by atoms with van der Waals surface area (Å²) in [6, 6.07) is 3.56. The summed E-state index contributed by atoms with van der Waals surface area (Å²) in [6.07, 6.45) is -2.89. The zero-order chi connectivity index (χ0) is 14.6. The van der Waals surface area contributed by atoms with Crippen LogP contribution >= 0.6 is 0 Å². The Kier molecular flexibility index (Phi) is 4.72. The molecule has 19 heavy (non-hydrogen) atoms. The summed E-state index contributed by atoms with van der Waals surface area (Å²) in [5.41, 5.74) is -0.711. The number of para-hydroxylation sites is 1. The van der Waals surface area contributed by atoms with E-state index in [1.165, 1.54) is 19.2 Å². The predicted molar refractivity (Wildman–Crippen MR) is 63.8 cm³/mol. The molecule has 0 bridgehead atoms. The molecule has 0 fully saturated rings. The van der Waals surface area contributed by atoms with Crippen LogP contribution in [0.15, 0.2) is 23.1 Å². The van der Waals surface area contributed by atoms with Crippen LogP contribution in [-0.4, -0.2) is 33.4 Å². The minimum atomic E-state index is -4.38. The van der Waals surface area contributed by atoms with Crippen LogP contribution in [0.2, 0.25) is 0 Å². The van der Waals surface area contributed by atoms with Gasteiger partial charge in [-0.3, -0.25) is 10.1 Å². The Balaban J connectivity index is 3.30. The zero-order valence-electron chi connectivity index (χ0n) is 9.76. The number of hydrogen-bond donors (Lipinski definition) is 2. The predicted octanol–water partition coefficient (Wildman–Crippen LogP) is 1.18. The summed E-state index contributed by atoms with van der Waals surface area (Å²) in [5.74, 6) is 0. The average molecular weight is 295 g/mol. The van der Waals surface area contributed by atoms with Gasteiger partial charge in [0, 0.05) is 7.05 Å². The van der Waals surface area contributed by atoms with Crippen LogP contribution in [-0.2, 0) is 10.0 Å². The third-order valence-electron chi connectivity index (χ3n) is 2.17. The van der Waals surface area contributed by atoms with Crippen molar-refractivity contribution >= 4 is 21.4 Å². The molecule has 0 aromatic heterocycles. The van der Waals surface area contributed by atoms with Crippen molar-refractivity contribution in [3.8, 4) is 0 Å². The van der Waals surface area contributed by atoms with Crippen LogP contribution < -0.4 is 10.0 Å². The van der Waals surface area contributed by atoms with Crippen molar-refractivity contribution in [3.63, 3.8) is 0 Å². The molecule has 0 atom stereocenters. The molecule has 0 aliphatic heterocycles. The van der Waals surface area contributed by atoms with Crippen LogP contribution in [0.5, 0.6) is 0 Å². The number of anilines is 1. The quantitative estimate of drug-likeness (QED) is 0.606. The van der Waals surface area contributed by atoms with Gasteiger partial charge in [0.2, 0.25) is 10.0 Å². The molecule has 1 aromatic rings. The average Bonchev–Trinajstić information content (AvgIpc) is 2.35. The third-order valence-corrected chi connectivity index (χ3v) is 3.62. The number of sulfonamides is 1. The van der Waals surface area contributed by atoms with Crippen molar-refractivity contribution in [1.29, 1.82) is 0 Å². The molecule has 2 N–H and O–H groups in total. The molecular formula is C9H11F2N3O4S. The number of halogens is 2. The van der Waals surface area contributed by atoms with Gasteiger partial charge in [-0.2, -0.15) is 0 Å². The Bertz CT molecular complexity index is 577. The minimum absolute atomic E-state index is 0.0232. The highest BCUT2D eigenvalue weighted by molar-refractivity contribution is 7.89. The molecule has 1 aromatic carbocycles. The largest absolute Gasteiger partial charge is 0.383 e. The van der Waals surface area contributed by atoms with Crippen molar-refractivity contribution in [2.45, 2.75) is 11.3 Å². The molecule has 0 heterocycles. The maximum absolute atomic E-state index is 12.0. The molecule has 0 radical (unpaired) electrons. The van der Waals surface area contributed by atoms with E-state index in [2.05, 4.69) is 5.32 Å². The van der Waals surface area contributed by atoms with Crippen molar-refractivity contribution in [1.82, 2.24) is 4.72 Å². The molecule has 1 rings (SSSR count). The second-order valence-electron chi connectivity index (χ2n) is 3.40. The highest BCUT2D eigenvalue weighted by Crippen LogP contribution is 2.31. The normalized spacial score (nSPS) is 11.6. The summed E-state index contributed by atoms with van der Waals surface area (Å²) in [5, 5.41) is 13.4. The SMILES string of the molecule is CNc1cccc(S(=O)(=O)NCC(F)F)c1[N+](=O)[O-]. The third kappa shape index (κ3) is 3.58. The van der Waals surface area contributed by atoms with E-state index in [0.717, 1.165) is 6.07 Å². The molecule has 0 aliphatic carbocycles. The maximum atomic E-state index is 12.0. The second-order valence-corrected chi connectivity index (χ2v) is 5.14. The molecule has 7 nitrogen and oxygen atoms in total.